The third-order valence-corrected chi connectivity index (χ3v) is 5.65. The molecule has 0 heterocycles. The first-order valence-electron chi connectivity index (χ1n) is 9.99. The van der Waals surface area contributed by atoms with E-state index in [9.17, 15) is 0 Å². The topological polar surface area (TPSA) is 0 Å². The normalized spacial score (nSPS) is 20.1. The number of unbranched alkanes of at least 4 members (excludes halogenated alkanes) is 4. The van der Waals surface area contributed by atoms with Gasteiger partial charge in [-0.3, -0.25) is 0 Å². The highest BCUT2D eigenvalue weighted by Crippen LogP contribution is 2.24. The smallest absolute Gasteiger partial charge is 0.0886 e. The van der Waals surface area contributed by atoms with Crippen LogP contribution in [0.4, 0.5) is 0 Å². The summed E-state index contributed by atoms with van der Waals surface area (Å²) in [6, 6.07) is 0.925. The fourth-order valence-electron chi connectivity index (χ4n) is 3.97. The quantitative estimate of drug-likeness (QED) is 0.381. The summed E-state index contributed by atoms with van der Waals surface area (Å²) in [7, 11) is 5.01. The van der Waals surface area contributed by atoms with Gasteiger partial charge in [0.15, 0.2) is 0 Å². The molecule has 1 heteroatoms. The lowest BCUT2D eigenvalue weighted by atomic mass is 9.99. The zero-order valence-electron chi connectivity index (χ0n) is 15.3. The van der Waals surface area contributed by atoms with Crippen LogP contribution in [0.1, 0.15) is 103 Å². The highest BCUT2D eigenvalue weighted by molar-refractivity contribution is 4.63. The van der Waals surface area contributed by atoms with E-state index in [4.69, 9.17) is 0 Å². The summed E-state index contributed by atoms with van der Waals surface area (Å²) in [5, 5.41) is 0. The number of hydrogen-bond donors (Lipinski definition) is 0. The Kier molecular flexibility index (Phi) is 10.4. The van der Waals surface area contributed by atoms with Gasteiger partial charge in [0, 0.05) is 0 Å². The van der Waals surface area contributed by atoms with E-state index in [2.05, 4.69) is 21.0 Å². The number of rotatable bonds is 7. The van der Waals surface area contributed by atoms with Gasteiger partial charge in [0.2, 0.25) is 0 Å². The predicted molar refractivity (Wildman–Crippen MR) is 95.7 cm³/mol. The molecule has 0 radical (unpaired) electrons. The number of quaternary nitrogens is 1. The van der Waals surface area contributed by atoms with E-state index in [0.717, 1.165) is 6.04 Å². The van der Waals surface area contributed by atoms with Crippen molar-refractivity contribution < 1.29 is 4.48 Å². The molecule has 0 N–H and O–H groups in total. The van der Waals surface area contributed by atoms with E-state index in [0.29, 0.717) is 0 Å². The van der Waals surface area contributed by atoms with Crippen LogP contribution in [-0.2, 0) is 0 Å². The maximum Gasteiger partial charge on any atom is 0.0886 e. The highest BCUT2D eigenvalue weighted by Gasteiger charge is 2.26. The summed E-state index contributed by atoms with van der Waals surface area (Å²) in [6.07, 6.45) is 21.9. The van der Waals surface area contributed by atoms with Crippen molar-refractivity contribution in [2.24, 2.45) is 0 Å². The van der Waals surface area contributed by atoms with Crippen LogP contribution < -0.4 is 0 Å². The molecule has 1 saturated carbocycles. The number of nitrogens with zero attached hydrogens (tertiary/aromatic N) is 1. The van der Waals surface area contributed by atoms with Crippen LogP contribution in [0.15, 0.2) is 0 Å². The molecule has 0 saturated heterocycles. The Hall–Kier alpha value is -0.0400. The Morgan fingerprint density at radius 2 is 1.14 bits per heavy atom. The summed E-state index contributed by atoms with van der Waals surface area (Å²) in [4.78, 5) is 0. The summed E-state index contributed by atoms with van der Waals surface area (Å²) in [6.45, 7) is 3.71. The second kappa shape index (κ2) is 11.5. The van der Waals surface area contributed by atoms with Crippen molar-refractivity contribution in [1.82, 2.24) is 0 Å². The van der Waals surface area contributed by atoms with Crippen LogP contribution >= 0.6 is 0 Å². The first-order chi connectivity index (χ1) is 10.2. The summed E-state index contributed by atoms with van der Waals surface area (Å²) in [5.41, 5.74) is 0. The van der Waals surface area contributed by atoms with Gasteiger partial charge in [-0.25, -0.2) is 0 Å². The molecule has 1 nitrogen and oxygen atoms in total. The molecule has 0 atom stereocenters. The van der Waals surface area contributed by atoms with Gasteiger partial charge in [-0.1, -0.05) is 64.7 Å². The minimum atomic E-state index is 0.925. The van der Waals surface area contributed by atoms with Crippen LogP contribution in [0, 0.1) is 0 Å². The van der Waals surface area contributed by atoms with Crippen molar-refractivity contribution in [3.05, 3.63) is 0 Å². The predicted octanol–water partition coefficient (Wildman–Crippen LogP) is 6.32. The molecule has 0 bridgehead atoms. The highest BCUT2D eigenvalue weighted by atomic mass is 15.3. The third-order valence-electron chi connectivity index (χ3n) is 5.65. The molecule has 0 aliphatic heterocycles. The lowest BCUT2D eigenvalue weighted by Gasteiger charge is -2.39. The first-order valence-corrected chi connectivity index (χ1v) is 9.99. The van der Waals surface area contributed by atoms with E-state index >= 15 is 0 Å². The molecule has 0 unspecified atom stereocenters. The Bertz CT molecular complexity index is 222. The van der Waals surface area contributed by atoms with Gasteiger partial charge in [-0.15, -0.1) is 0 Å². The molecular weight excluding hydrogens is 254 g/mol. The lowest BCUT2D eigenvalue weighted by molar-refractivity contribution is -0.916. The van der Waals surface area contributed by atoms with E-state index in [1.807, 2.05) is 0 Å². The molecule has 0 aromatic heterocycles. The summed E-state index contributed by atoms with van der Waals surface area (Å²) < 4.78 is 1.28. The minimum absolute atomic E-state index is 0.925. The van der Waals surface area contributed by atoms with Crippen LogP contribution in [0.5, 0.6) is 0 Å². The molecule has 0 spiro atoms. The van der Waals surface area contributed by atoms with Crippen LogP contribution in [-0.4, -0.2) is 31.2 Å². The van der Waals surface area contributed by atoms with Gasteiger partial charge >= 0.3 is 0 Å². The molecule has 21 heavy (non-hydrogen) atoms. The van der Waals surface area contributed by atoms with E-state index in [1.165, 1.54) is 107 Å². The van der Waals surface area contributed by atoms with Gasteiger partial charge in [-0.2, -0.15) is 0 Å². The van der Waals surface area contributed by atoms with Gasteiger partial charge < -0.3 is 4.48 Å². The molecule has 0 amide bonds. The lowest BCUT2D eigenvalue weighted by Crippen LogP contribution is -2.49. The second-order valence-electron chi connectivity index (χ2n) is 7.98. The largest absolute Gasteiger partial charge is 0.326 e. The molecule has 1 aliphatic carbocycles. The van der Waals surface area contributed by atoms with Gasteiger partial charge in [0.05, 0.1) is 26.7 Å². The second-order valence-corrected chi connectivity index (χ2v) is 7.98. The fourth-order valence-corrected chi connectivity index (χ4v) is 3.97. The Morgan fingerprint density at radius 3 is 1.67 bits per heavy atom. The Balaban J connectivity index is 2.35. The fraction of sp³-hybridized carbons (Fsp3) is 1.00. The van der Waals surface area contributed by atoms with Crippen molar-refractivity contribution in [2.75, 3.05) is 20.6 Å². The molecule has 1 fully saturated rings. The maximum atomic E-state index is 2.50. The monoisotopic (exact) mass is 296 g/mol. The average molecular weight is 297 g/mol. The van der Waals surface area contributed by atoms with E-state index in [-0.39, 0.29) is 0 Å². The van der Waals surface area contributed by atoms with Crippen molar-refractivity contribution in [3.8, 4) is 0 Å². The SMILES string of the molecule is CCCCCCC[N+](C)(C)C1CCCCCCCCCC1. The van der Waals surface area contributed by atoms with Crippen molar-refractivity contribution in [3.63, 3.8) is 0 Å². The minimum Gasteiger partial charge on any atom is -0.326 e. The van der Waals surface area contributed by atoms with Gasteiger partial charge in [0.25, 0.3) is 0 Å². The third kappa shape index (κ3) is 8.86. The van der Waals surface area contributed by atoms with Crippen LogP contribution in [0.2, 0.25) is 0 Å². The standard InChI is InChI=1S/C20H42N/c1-4-5-6-13-16-19-21(2,3)20-17-14-11-9-7-8-10-12-15-18-20/h20H,4-19H2,1-3H3/q+1. The molecule has 1 rings (SSSR count). The van der Waals surface area contributed by atoms with E-state index < -0.39 is 0 Å². The van der Waals surface area contributed by atoms with Crippen LogP contribution in [0.3, 0.4) is 0 Å². The van der Waals surface area contributed by atoms with Gasteiger partial charge in [0.1, 0.15) is 0 Å². The molecular formula is C20H42N+. The zero-order chi connectivity index (χ0) is 15.4. The van der Waals surface area contributed by atoms with Crippen molar-refractivity contribution in [1.29, 1.82) is 0 Å². The molecule has 1 aliphatic rings. The zero-order valence-corrected chi connectivity index (χ0v) is 15.3. The molecule has 126 valence electrons. The summed E-state index contributed by atoms with van der Waals surface area (Å²) in [5.74, 6) is 0. The van der Waals surface area contributed by atoms with E-state index in [1.54, 1.807) is 0 Å². The average Bonchev–Trinajstić information content (AvgIpc) is 2.52. The van der Waals surface area contributed by atoms with Crippen LogP contribution in [0.25, 0.3) is 0 Å². The maximum absolute atomic E-state index is 2.50. The Morgan fingerprint density at radius 1 is 0.667 bits per heavy atom. The Labute approximate surface area is 135 Å². The number of hydrogen-bond acceptors (Lipinski definition) is 0. The van der Waals surface area contributed by atoms with Crippen molar-refractivity contribution in [2.45, 2.75) is 109 Å². The first kappa shape index (κ1) is 19.0. The van der Waals surface area contributed by atoms with Gasteiger partial charge in [-0.05, 0) is 38.5 Å². The summed E-state index contributed by atoms with van der Waals surface area (Å²) >= 11 is 0. The molecule has 0 aromatic rings. The molecule has 0 aromatic carbocycles. The van der Waals surface area contributed by atoms with Crippen molar-refractivity contribution >= 4 is 0 Å².